The number of rotatable bonds is 7. The summed E-state index contributed by atoms with van der Waals surface area (Å²) in [5.74, 6) is -1.93. The van der Waals surface area contributed by atoms with Crippen LogP contribution in [0.3, 0.4) is 0 Å². The van der Waals surface area contributed by atoms with Crippen molar-refractivity contribution in [3.63, 3.8) is 0 Å². The van der Waals surface area contributed by atoms with E-state index in [2.05, 4.69) is 34.9 Å². The molecule has 34 heavy (non-hydrogen) atoms. The van der Waals surface area contributed by atoms with E-state index in [0.29, 0.717) is 25.7 Å². The van der Waals surface area contributed by atoms with Gasteiger partial charge in [0.15, 0.2) is 5.60 Å². The van der Waals surface area contributed by atoms with Gasteiger partial charge in [-0.15, -0.1) is 0 Å². The van der Waals surface area contributed by atoms with Crippen LogP contribution in [0.1, 0.15) is 49.7 Å². The average Bonchev–Trinajstić information content (AvgIpc) is 3.15. The monoisotopic (exact) mass is 466 g/mol. The van der Waals surface area contributed by atoms with Crippen LogP contribution in [0.4, 0.5) is 4.79 Å². The van der Waals surface area contributed by atoms with Crippen LogP contribution < -0.4 is 10.6 Å². The third-order valence-corrected chi connectivity index (χ3v) is 6.83. The standard InChI is InChI=1S/C26H30N2O6/c1-26(33,24(30)31)15-27-23(29)16-10-12-17(13-11-16)28-25(32)34-14-22-20-8-4-2-6-18(20)19-7-3-5-9-21(19)22/h2-9,16-17,22,33H,10-15H2,1H3,(H,27,29)(H,28,32)(H,30,31). The summed E-state index contributed by atoms with van der Waals surface area (Å²) in [4.78, 5) is 35.8. The largest absolute Gasteiger partial charge is 0.479 e. The molecule has 8 nitrogen and oxygen atoms in total. The van der Waals surface area contributed by atoms with Gasteiger partial charge in [0.2, 0.25) is 5.91 Å². The highest BCUT2D eigenvalue weighted by Gasteiger charge is 2.33. The number of carbonyl (C=O) groups is 3. The van der Waals surface area contributed by atoms with Crippen LogP contribution in [-0.4, -0.2) is 53.0 Å². The van der Waals surface area contributed by atoms with Crippen LogP contribution in [-0.2, 0) is 14.3 Å². The molecule has 0 aromatic heterocycles. The number of alkyl carbamates (subject to hydrolysis) is 1. The maximum Gasteiger partial charge on any atom is 0.407 e. The minimum absolute atomic E-state index is 0.000550. The van der Waals surface area contributed by atoms with Crippen molar-refractivity contribution in [3.05, 3.63) is 59.7 Å². The Bertz CT molecular complexity index is 1030. The lowest BCUT2D eigenvalue weighted by Crippen LogP contribution is -2.48. The minimum atomic E-state index is -2.00. The number of carboxylic acid groups (broad SMARTS) is 1. The Labute approximate surface area is 198 Å². The molecule has 1 fully saturated rings. The average molecular weight is 467 g/mol. The molecule has 1 saturated carbocycles. The lowest BCUT2D eigenvalue weighted by atomic mass is 9.85. The van der Waals surface area contributed by atoms with E-state index in [-0.39, 0.29) is 36.9 Å². The molecule has 0 spiro atoms. The van der Waals surface area contributed by atoms with Gasteiger partial charge in [0.25, 0.3) is 0 Å². The second-order valence-corrected chi connectivity index (χ2v) is 9.32. The number of nitrogens with one attached hydrogen (secondary N) is 2. The van der Waals surface area contributed by atoms with Crippen LogP contribution in [0, 0.1) is 5.92 Å². The van der Waals surface area contributed by atoms with Gasteiger partial charge in [-0.3, -0.25) is 4.79 Å². The Morgan fingerprint density at radius 3 is 2.09 bits per heavy atom. The topological polar surface area (TPSA) is 125 Å². The fraction of sp³-hybridized carbons (Fsp3) is 0.423. The molecule has 0 radical (unpaired) electrons. The molecule has 4 rings (SSSR count). The zero-order chi connectivity index (χ0) is 24.3. The molecule has 180 valence electrons. The molecular weight excluding hydrogens is 436 g/mol. The Kier molecular flexibility index (Phi) is 6.88. The Morgan fingerprint density at radius 2 is 1.53 bits per heavy atom. The Morgan fingerprint density at radius 1 is 0.971 bits per heavy atom. The number of carboxylic acids is 1. The number of ether oxygens (including phenoxy) is 1. The highest BCUT2D eigenvalue weighted by atomic mass is 16.5. The van der Waals surface area contributed by atoms with E-state index >= 15 is 0 Å². The summed E-state index contributed by atoms with van der Waals surface area (Å²) in [5, 5.41) is 24.1. The Hall–Kier alpha value is -3.39. The van der Waals surface area contributed by atoms with Gasteiger partial charge in [0.05, 0.1) is 6.54 Å². The number of carbonyl (C=O) groups excluding carboxylic acids is 2. The van der Waals surface area contributed by atoms with Gasteiger partial charge in [-0.1, -0.05) is 48.5 Å². The molecule has 0 aliphatic heterocycles. The summed E-state index contributed by atoms with van der Waals surface area (Å²) < 4.78 is 5.60. The molecule has 4 N–H and O–H groups in total. The zero-order valence-corrected chi connectivity index (χ0v) is 19.1. The van der Waals surface area contributed by atoms with Gasteiger partial charge in [-0.25, -0.2) is 9.59 Å². The normalized spacial score (nSPS) is 21.0. The molecule has 0 heterocycles. The van der Waals surface area contributed by atoms with Crippen molar-refractivity contribution in [1.82, 2.24) is 10.6 Å². The molecule has 8 heteroatoms. The van der Waals surface area contributed by atoms with Crippen molar-refractivity contribution in [1.29, 1.82) is 0 Å². The van der Waals surface area contributed by atoms with Crippen molar-refractivity contribution < 1.29 is 29.3 Å². The number of aliphatic carboxylic acids is 1. The minimum Gasteiger partial charge on any atom is -0.479 e. The highest BCUT2D eigenvalue weighted by molar-refractivity contribution is 5.82. The quantitative estimate of drug-likeness (QED) is 0.497. The smallest absolute Gasteiger partial charge is 0.407 e. The number of hydrogen-bond acceptors (Lipinski definition) is 5. The molecular formula is C26H30N2O6. The van der Waals surface area contributed by atoms with Crippen molar-refractivity contribution >= 4 is 18.0 Å². The van der Waals surface area contributed by atoms with Gasteiger partial charge in [0, 0.05) is 17.9 Å². The number of hydrogen-bond donors (Lipinski definition) is 4. The lowest BCUT2D eigenvalue weighted by Gasteiger charge is -2.29. The third kappa shape index (κ3) is 5.07. The van der Waals surface area contributed by atoms with Gasteiger partial charge in [0.1, 0.15) is 6.61 Å². The van der Waals surface area contributed by atoms with Gasteiger partial charge >= 0.3 is 12.1 Å². The zero-order valence-electron chi connectivity index (χ0n) is 19.1. The fourth-order valence-electron chi connectivity index (χ4n) is 4.79. The second kappa shape index (κ2) is 9.85. The maximum atomic E-state index is 12.5. The summed E-state index contributed by atoms with van der Waals surface area (Å²) in [5.41, 5.74) is 2.66. The van der Waals surface area contributed by atoms with Crippen molar-refractivity contribution in [2.75, 3.05) is 13.2 Å². The number of fused-ring (bicyclic) bond motifs is 3. The fourth-order valence-corrected chi connectivity index (χ4v) is 4.79. The van der Waals surface area contributed by atoms with Crippen LogP contribution in [0.25, 0.3) is 11.1 Å². The summed E-state index contributed by atoms with van der Waals surface area (Å²) >= 11 is 0. The predicted molar refractivity (Wildman–Crippen MR) is 125 cm³/mol. The van der Waals surface area contributed by atoms with Gasteiger partial charge < -0.3 is 25.6 Å². The first-order valence-corrected chi connectivity index (χ1v) is 11.6. The highest BCUT2D eigenvalue weighted by Crippen LogP contribution is 2.44. The molecule has 2 aromatic carbocycles. The first kappa shape index (κ1) is 23.8. The van der Waals surface area contributed by atoms with Crippen molar-refractivity contribution in [3.8, 4) is 11.1 Å². The molecule has 2 aromatic rings. The van der Waals surface area contributed by atoms with Crippen LogP contribution in [0.15, 0.2) is 48.5 Å². The summed E-state index contributed by atoms with van der Waals surface area (Å²) in [7, 11) is 0. The molecule has 2 aliphatic carbocycles. The van der Waals surface area contributed by atoms with Gasteiger partial charge in [-0.2, -0.15) is 0 Å². The van der Waals surface area contributed by atoms with E-state index in [1.165, 1.54) is 11.1 Å². The number of benzene rings is 2. The van der Waals surface area contributed by atoms with Gasteiger partial charge in [-0.05, 0) is 54.9 Å². The second-order valence-electron chi connectivity index (χ2n) is 9.32. The van der Waals surface area contributed by atoms with Crippen molar-refractivity contribution in [2.24, 2.45) is 5.92 Å². The maximum absolute atomic E-state index is 12.5. The van der Waals surface area contributed by atoms with Crippen LogP contribution >= 0.6 is 0 Å². The molecule has 0 saturated heterocycles. The SMILES string of the molecule is CC(O)(CNC(=O)C1CCC(NC(=O)OCC2c3ccccc3-c3ccccc32)CC1)C(=O)O. The molecule has 2 amide bonds. The summed E-state index contributed by atoms with van der Waals surface area (Å²) in [6.07, 6.45) is 1.91. The lowest BCUT2D eigenvalue weighted by molar-refractivity contribution is -0.156. The van der Waals surface area contributed by atoms with Crippen molar-refractivity contribution in [2.45, 2.75) is 50.2 Å². The summed E-state index contributed by atoms with van der Waals surface area (Å²) in [6.45, 7) is 1.05. The number of aliphatic hydroxyl groups is 1. The van der Waals surface area contributed by atoms with E-state index in [4.69, 9.17) is 9.84 Å². The number of amides is 2. The third-order valence-electron chi connectivity index (χ3n) is 6.83. The van der Waals surface area contributed by atoms with E-state index in [9.17, 15) is 19.5 Å². The van der Waals surface area contributed by atoms with E-state index in [1.54, 1.807) is 0 Å². The van der Waals surface area contributed by atoms with Crippen LogP contribution in [0.2, 0.25) is 0 Å². The van der Waals surface area contributed by atoms with E-state index in [1.807, 2.05) is 24.3 Å². The molecule has 0 bridgehead atoms. The summed E-state index contributed by atoms with van der Waals surface area (Å²) in [6, 6.07) is 16.3. The van der Waals surface area contributed by atoms with E-state index in [0.717, 1.165) is 18.1 Å². The van der Waals surface area contributed by atoms with E-state index < -0.39 is 17.7 Å². The predicted octanol–water partition coefficient (Wildman–Crippen LogP) is 3.04. The Balaban J connectivity index is 1.24. The first-order chi connectivity index (χ1) is 16.3. The first-order valence-electron chi connectivity index (χ1n) is 11.6. The van der Waals surface area contributed by atoms with Crippen LogP contribution in [0.5, 0.6) is 0 Å². The molecule has 1 unspecified atom stereocenters. The molecule has 2 aliphatic rings. The molecule has 1 atom stereocenters.